The number of pyridine rings is 1. The Morgan fingerprint density at radius 3 is 2.82 bits per heavy atom. The van der Waals surface area contributed by atoms with Gasteiger partial charge in [0.05, 0.1) is 12.2 Å². The maximum Gasteiger partial charge on any atom is 0.407 e. The normalized spacial score (nSPS) is 11.1. The van der Waals surface area contributed by atoms with E-state index in [-0.39, 0.29) is 0 Å². The molecular formula is C12H19N3O2. The van der Waals surface area contributed by atoms with Gasteiger partial charge in [-0.05, 0) is 32.4 Å². The average Bonchev–Trinajstić information content (AvgIpc) is 2.24. The lowest BCUT2D eigenvalue weighted by atomic mass is 10.2. The fraction of sp³-hybridized carbons (Fsp3) is 0.500. The van der Waals surface area contributed by atoms with Gasteiger partial charge in [0.2, 0.25) is 0 Å². The van der Waals surface area contributed by atoms with Crippen molar-refractivity contribution in [2.75, 3.05) is 0 Å². The minimum Gasteiger partial charge on any atom is -0.444 e. The standard InChI is InChI=1S/C12H19N3O2/c1-12(2,3)17-11(16)15-8-10-9(7-13)5-4-6-14-10/h4-6H,7-8,13H2,1-3H3,(H,15,16). The lowest BCUT2D eigenvalue weighted by molar-refractivity contribution is 0.0523. The molecule has 1 aromatic heterocycles. The van der Waals surface area contributed by atoms with Crippen molar-refractivity contribution < 1.29 is 9.53 Å². The Morgan fingerprint density at radius 1 is 1.53 bits per heavy atom. The minimum absolute atomic E-state index is 0.322. The molecule has 1 heterocycles. The Labute approximate surface area is 101 Å². The highest BCUT2D eigenvalue weighted by molar-refractivity contribution is 5.67. The molecule has 3 N–H and O–H groups in total. The van der Waals surface area contributed by atoms with Gasteiger partial charge in [-0.15, -0.1) is 0 Å². The summed E-state index contributed by atoms with van der Waals surface area (Å²) in [7, 11) is 0. The molecule has 5 heteroatoms. The van der Waals surface area contributed by atoms with E-state index in [0.29, 0.717) is 13.1 Å². The van der Waals surface area contributed by atoms with Crippen LogP contribution in [0.1, 0.15) is 32.0 Å². The third-order valence-corrected chi connectivity index (χ3v) is 2.00. The third-order valence-electron chi connectivity index (χ3n) is 2.00. The summed E-state index contributed by atoms with van der Waals surface area (Å²) in [6, 6.07) is 3.71. The van der Waals surface area contributed by atoms with Gasteiger partial charge < -0.3 is 15.8 Å². The molecule has 0 fully saturated rings. The van der Waals surface area contributed by atoms with Crippen LogP contribution >= 0.6 is 0 Å². The summed E-state index contributed by atoms with van der Waals surface area (Å²) in [5.41, 5.74) is 6.76. The smallest absolute Gasteiger partial charge is 0.407 e. The zero-order valence-electron chi connectivity index (χ0n) is 10.5. The van der Waals surface area contributed by atoms with E-state index < -0.39 is 11.7 Å². The van der Waals surface area contributed by atoms with Gasteiger partial charge in [0.15, 0.2) is 0 Å². The summed E-state index contributed by atoms with van der Waals surface area (Å²) in [5.74, 6) is 0. The van der Waals surface area contributed by atoms with Crippen LogP contribution in [0.15, 0.2) is 18.3 Å². The van der Waals surface area contributed by atoms with E-state index in [1.165, 1.54) is 0 Å². The zero-order chi connectivity index (χ0) is 12.9. The molecule has 0 unspecified atom stereocenters. The number of ether oxygens (including phenoxy) is 1. The summed E-state index contributed by atoms with van der Waals surface area (Å²) in [4.78, 5) is 15.6. The highest BCUT2D eigenvalue weighted by atomic mass is 16.6. The molecule has 0 aliphatic heterocycles. The molecule has 0 atom stereocenters. The predicted octanol–water partition coefficient (Wildman–Crippen LogP) is 1.56. The van der Waals surface area contributed by atoms with E-state index in [4.69, 9.17) is 10.5 Å². The van der Waals surface area contributed by atoms with Crippen molar-refractivity contribution >= 4 is 6.09 Å². The number of nitrogens with zero attached hydrogens (tertiary/aromatic N) is 1. The monoisotopic (exact) mass is 237 g/mol. The van der Waals surface area contributed by atoms with Crippen LogP contribution in [0.4, 0.5) is 4.79 Å². The number of nitrogens with one attached hydrogen (secondary N) is 1. The number of carbonyl (C=O) groups is 1. The second-order valence-electron chi connectivity index (χ2n) is 4.67. The average molecular weight is 237 g/mol. The van der Waals surface area contributed by atoms with Crippen LogP contribution in [0.25, 0.3) is 0 Å². The fourth-order valence-corrected chi connectivity index (χ4v) is 1.29. The van der Waals surface area contributed by atoms with Crippen molar-refractivity contribution in [2.24, 2.45) is 5.73 Å². The second-order valence-corrected chi connectivity index (χ2v) is 4.67. The van der Waals surface area contributed by atoms with Gasteiger partial charge >= 0.3 is 6.09 Å². The van der Waals surface area contributed by atoms with Crippen LogP contribution < -0.4 is 11.1 Å². The van der Waals surface area contributed by atoms with E-state index in [1.807, 2.05) is 32.9 Å². The van der Waals surface area contributed by atoms with Crippen molar-refractivity contribution in [1.29, 1.82) is 0 Å². The summed E-state index contributed by atoms with van der Waals surface area (Å²) in [6.45, 7) is 6.18. The van der Waals surface area contributed by atoms with Crippen LogP contribution in [0, 0.1) is 0 Å². The van der Waals surface area contributed by atoms with Crippen LogP contribution in [0.2, 0.25) is 0 Å². The lowest BCUT2D eigenvalue weighted by Crippen LogP contribution is -2.32. The first-order valence-electron chi connectivity index (χ1n) is 5.52. The van der Waals surface area contributed by atoms with Crippen LogP contribution in [0.3, 0.4) is 0 Å². The number of carbonyl (C=O) groups excluding carboxylic acids is 1. The first-order chi connectivity index (χ1) is 7.92. The van der Waals surface area contributed by atoms with Gasteiger partial charge in [-0.2, -0.15) is 0 Å². The molecule has 0 aliphatic carbocycles. The van der Waals surface area contributed by atoms with Crippen molar-refractivity contribution in [3.63, 3.8) is 0 Å². The third kappa shape index (κ3) is 4.82. The van der Waals surface area contributed by atoms with Gasteiger partial charge in [-0.1, -0.05) is 6.07 Å². The number of hydrogen-bond acceptors (Lipinski definition) is 4. The molecule has 1 amide bonds. The molecule has 0 radical (unpaired) electrons. The molecule has 94 valence electrons. The van der Waals surface area contributed by atoms with Gasteiger partial charge in [-0.3, -0.25) is 4.98 Å². The number of rotatable bonds is 3. The number of aromatic nitrogens is 1. The van der Waals surface area contributed by atoms with E-state index in [2.05, 4.69) is 10.3 Å². The van der Waals surface area contributed by atoms with E-state index >= 15 is 0 Å². The van der Waals surface area contributed by atoms with Crippen molar-refractivity contribution in [2.45, 2.75) is 39.5 Å². The highest BCUT2D eigenvalue weighted by Crippen LogP contribution is 2.07. The van der Waals surface area contributed by atoms with Crippen LogP contribution in [-0.4, -0.2) is 16.7 Å². The summed E-state index contributed by atoms with van der Waals surface area (Å²) >= 11 is 0. The molecule has 0 saturated heterocycles. The van der Waals surface area contributed by atoms with Gasteiger partial charge in [0.1, 0.15) is 5.60 Å². The fourth-order valence-electron chi connectivity index (χ4n) is 1.29. The van der Waals surface area contributed by atoms with Gasteiger partial charge in [0.25, 0.3) is 0 Å². The lowest BCUT2D eigenvalue weighted by Gasteiger charge is -2.19. The second kappa shape index (κ2) is 5.63. The number of alkyl carbamates (subject to hydrolysis) is 1. The Kier molecular flexibility index (Phi) is 4.45. The molecule has 1 aromatic rings. The largest absolute Gasteiger partial charge is 0.444 e. The SMILES string of the molecule is CC(C)(C)OC(=O)NCc1ncccc1CN. The van der Waals surface area contributed by atoms with Gasteiger partial charge in [0, 0.05) is 12.7 Å². The molecule has 0 spiro atoms. The molecule has 0 bridgehead atoms. The molecule has 17 heavy (non-hydrogen) atoms. The quantitative estimate of drug-likeness (QED) is 0.836. The number of amides is 1. The Morgan fingerprint density at radius 2 is 2.24 bits per heavy atom. The first-order valence-corrected chi connectivity index (χ1v) is 5.52. The van der Waals surface area contributed by atoms with Crippen LogP contribution in [-0.2, 0) is 17.8 Å². The summed E-state index contributed by atoms with van der Waals surface area (Å²) < 4.78 is 5.12. The topological polar surface area (TPSA) is 77.2 Å². The van der Waals surface area contributed by atoms with Crippen molar-refractivity contribution in [3.05, 3.63) is 29.6 Å². The van der Waals surface area contributed by atoms with E-state index in [9.17, 15) is 4.79 Å². The molecule has 1 rings (SSSR count). The van der Waals surface area contributed by atoms with Gasteiger partial charge in [-0.25, -0.2) is 4.79 Å². The number of hydrogen-bond donors (Lipinski definition) is 2. The Hall–Kier alpha value is -1.62. The first kappa shape index (κ1) is 13.4. The van der Waals surface area contributed by atoms with Crippen molar-refractivity contribution in [3.8, 4) is 0 Å². The van der Waals surface area contributed by atoms with E-state index in [0.717, 1.165) is 11.3 Å². The summed E-state index contributed by atoms with van der Waals surface area (Å²) in [6.07, 6.45) is 1.22. The number of nitrogens with two attached hydrogens (primary N) is 1. The highest BCUT2D eigenvalue weighted by Gasteiger charge is 2.16. The zero-order valence-corrected chi connectivity index (χ0v) is 10.5. The molecule has 0 saturated carbocycles. The Balaban J connectivity index is 2.53. The summed E-state index contributed by atoms with van der Waals surface area (Å²) in [5, 5.41) is 2.65. The predicted molar refractivity (Wildman–Crippen MR) is 65.2 cm³/mol. The maximum absolute atomic E-state index is 11.4. The van der Waals surface area contributed by atoms with Crippen molar-refractivity contribution in [1.82, 2.24) is 10.3 Å². The Bertz CT molecular complexity index is 386. The van der Waals surface area contributed by atoms with E-state index in [1.54, 1.807) is 6.20 Å². The maximum atomic E-state index is 11.4. The molecule has 5 nitrogen and oxygen atoms in total. The molecule has 0 aromatic carbocycles. The molecule has 0 aliphatic rings. The van der Waals surface area contributed by atoms with Crippen LogP contribution in [0.5, 0.6) is 0 Å². The molecular weight excluding hydrogens is 218 g/mol. The minimum atomic E-state index is -0.495.